The Morgan fingerprint density at radius 1 is 1.12 bits per heavy atom. The number of methoxy groups -OCH3 is 1. The number of esters is 1. The number of halogens is 1. The predicted molar refractivity (Wildman–Crippen MR) is 98.6 cm³/mol. The van der Waals surface area contributed by atoms with Gasteiger partial charge in [-0.25, -0.2) is 9.78 Å². The van der Waals surface area contributed by atoms with Gasteiger partial charge in [0.1, 0.15) is 0 Å². The number of aromatic nitrogens is 2. The van der Waals surface area contributed by atoms with Crippen molar-refractivity contribution in [3.05, 3.63) is 88.5 Å². The minimum Gasteiger partial charge on any atom is -0.465 e. The van der Waals surface area contributed by atoms with Crippen LogP contribution in [0, 0.1) is 0 Å². The molecule has 26 heavy (non-hydrogen) atoms. The van der Waals surface area contributed by atoms with E-state index in [1.165, 1.54) is 7.11 Å². The fourth-order valence-corrected chi connectivity index (χ4v) is 2.82. The zero-order valence-electron chi connectivity index (χ0n) is 14.2. The van der Waals surface area contributed by atoms with E-state index in [0.717, 1.165) is 5.56 Å². The maximum atomic E-state index is 12.4. The topological polar surface area (TPSA) is 61.2 Å². The van der Waals surface area contributed by atoms with E-state index < -0.39 is 5.97 Å². The average Bonchev–Trinajstić information content (AvgIpc) is 3.08. The number of ketones is 1. The lowest BCUT2D eigenvalue weighted by atomic mass is 10.1. The number of rotatable bonds is 6. The molecule has 0 radical (unpaired) electrons. The summed E-state index contributed by atoms with van der Waals surface area (Å²) in [6.45, 7) is 0.635. The van der Waals surface area contributed by atoms with Gasteiger partial charge in [-0.1, -0.05) is 35.9 Å². The molecule has 0 aliphatic rings. The second kappa shape index (κ2) is 7.97. The molecule has 3 aromatic rings. The Labute approximate surface area is 156 Å². The van der Waals surface area contributed by atoms with E-state index >= 15 is 0 Å². The van der Waals surface area contributed by atoms with Crippen LogP contribution >= 0.6 is 11.6 Å². The molecule has 5 nitrogen and oxygen atoms in total. The van der Waals surface area contributed by atoms with Crippen LogP contribution in [-0.4, -0.2) is 28.4 Å². The third-order valence-electron chi connectivity index (χ3n) is 3.91. The quantitative estimate of drug-likeness (QED) is 0.490. The zero-order valence-corrected chi connectivity index (χ0v) is 14.9. The highest BCUT2D eigenvalue weighted by molar-refractivity contribution is 6.30. The van der Waals surface area contributed by atoms with E-state index in [0.29, 0.717) is 28.4 Å². The number of ether oxygens (including phenoxy) is 1. The Hall–Kier alpha value is -2.92. The molecule has 2 aromatic carbocycles. The molecule has 132 valence electrons. The number of hydrogen-bond donors (Lipinski definition) is 0. The van der Waals surface area contributed by atoms with Crippen molar-refractivity contribution < 1.29 is 14.3 Å². The first-order valence-electron chi connectivity index (χ1n) is 8.02. The van der Waals surface area contributed by atoms with Gasteiger partial charge >= 0.3 is 5.97 Å². The standard InChI is InChI=1S/C20H17ClN2O3/c1-26-20(25)16-7-5-15(6-8-16)19(24)10-18-12-23(13-22-18)11-14-3-2-4-17(21)9-14/h2-9,12-13H,10-11H2,1H3. The molecule has 1 aromatic heterocycles. The molecule has 0 fully saturated rings. The number of nitrogens with zero attached hydrogens (tertiary/aromatic N) is 2. The number of Topliss-reactive ketones (excluding diaryl/α,β-unsaturated/α-hetero) is 1. The van der Waals surface area contributed by atoms with Crippen LogP contribution in [-0.2, 0) is 17.7 Å². The molecule has 0 N–H and O–H groups in total. The maximum absolute atomic E-state index is 12.4. The van der Waals surface area contributed by atoms with E-state index in [1.807, 2.05) is 35.0 Å². The predicted octanol–water partition coefficient (Wildman–Crippen LogP) is 3.80. The monoisotopic (exact) mass is 368 g/mol. The molecule has 0 aliphatic carbocycles. The minimum atomic E-state index is -0.427. The lowest BCUT2D eigenvalue weighted by Gasteiger charge is -2.03. The number of benzene rings is 2. The van der Waals surface area contributed by atoms with E-state index in [2.05, 4.69) is 9.72 Å². The zero-order chi connectivity index (χ0) is 18.5. The smallest absolute Gasteiger partial charge is 0.337 e. The second-order valence-electron chi connectivity index (χ2n) is 5.84. The summed E-state index contributed by atoms with van der Waals surface area (Å²) in [5.74, 6) is -0.488. The highest BCUT2D eigenvalue weighted by Gasteiger charge is 2.11. The summed E-state index contributed by atoms with van der Waals surface area (Å²) in [6.07, 6.45) is 3.74. The summed E-state index contributed by atoms with van der Waals surface area (Å²) >= 11 is 5.99. The van der Waals surface area contributed by atoms with Crippen LogP contribution in [0.2, 0.25) is 5.02 Å². The van der Waals surface area contributed by atoms with Crippen LogP contribution < -0.4 is 0 Å². The van der Waals surface area contributed by atoms with E-state index in [-0.39, 0.29) is 12.2 Å². The van der Waals surface area contributed by atoms with E-state index in [4.69, 9.17) is 11.6 Å². The summed E-state index contributed by atoms with van der Waals surface area (Å²) in [5.41, 5.74) is 2.69. The summed E-state index contributed by atoms with van der Waals surface area (Å²) < 4.78 is 6.56. The van der Waals surface area contributed by atoms with Crippen molar-refractivity contribution in [3.63, 3.8) is 0 Å². The number of carbonyl (C=O) groups excluding carboxylic acids is 2. The van der Waals surface area contributed by atoms with Gasteiger partial charge in [0.05, 0.1) is 31.1 Å². The molecule has 0 saturated heterocycles. The first-order chi connectivity index (χ1) is 12.5. The van der Waals surface area contributed by atoms with Crippen LogP contribution in [0.5, 0.6) is 0 Å². The first-order valence-corrected chi connectivity index (χ1v) is 8.39. The van der Waals surface area contributed by atoms with Crippen molar-refractivity contribution in [2.24, 2.45) is 0 Å². The lowest BCUT2D eigenvalue weighted by molar-refractivity contribution is 0.0600. The summed E-state index contributed by atoms with van der Waals surface area (Å²) in [6, 6.07) is 14.0. The molecule has 6 heteroatoms. The normalized spacial score (nSPS) is 10.5. The van der Waals surface area contributed by atoms with E-state index in [9.17, 15) is 9.59 Å². The molecule has 1 heterocycles. The molecule has 0 atom stereocenters. The van der Waals surface area contributed by atoms with Crippen molar-refractivity contribution in [1.82, 2.24) is 9.55 Å². The van der Waals surface area contributed by atoms with Crippen molar-refractivity contribution in [3.8, 4) is 0 Å². The molecule has 0 spiro atoms. The van der Waals surface area contributed by atoms with Gasteiger partial charge in [0.2, 0.25) is 0 Å². The van der Waals surface area contributed by atoms with Crippen LogP contribution in [0.3, 0.4) is 0 Å². The van der Waals surface area contributed by atoms with Gasteiger partial charge in [0, 0.05) is 23.3 Å². The Morgan fingerprint density at radius 2 is 1.85 bits per heavy atom. The molecule has 0 bridgehead atoms. The Balaban J connectivity index is 1.65. The van der Waals surface area contributed by atoms with Crippen molar-refractivity contribution >= 4 is 23.4 Å². The fourth-order valence-electron chi connectivity index (χ4n) is 2.61. The van der Waals surface area contributed by atoms with Gasteiger partial charge in [0.15, 0.2) is 5.78 Å². The van der Waals surface area contributed by atoms with Gasteiger partial charge in [-0.2, -0.15) is 0 Å². The minimum absolute atomic E-state index is 0.0607. The summed E-state index contributed by atoms with van der Waals surface area (Å²) in [7, 11) is 1.32. The highest BCUT2D eigenvalue weighted by atomic mass is 35.5. The number of imidazole rings is 1. The van der Waals surface area contributed by atoms with Crippen LogP contribution in [0.1, 0.15) is 32.0 Å². The Bertz CT molecular complexity index is 932. The van der Waals surface area contributed by atoms with Crippen LogP contribution in [0.25, 0.3) is 0 Å². The maximum Gasteiger partial charge on any atom is 0.337 e. The van der Waals surface area contributed by atoms with Gasteiger partial charge in [-0.15, -0.1) is 0 Å². The van der Waals surface area contributed by atoms with Crippen LogP contribution in [0.4, 0.5) is 0 Å². The molecule has 0 saturated carbocycles. The molecular formula is C20H17ClN2O3. The largest absolute Gasteiger partial charge is 0.465 e. The third kappa shape index (κ3) is 4.37. The lowest BCUT2D eigenvalue weighted by Crippen LogP contribution is -2.06. The SMILES string of the molecule is COC(=O)c1ccc(C(=O)Cc2cn(Cc3cccc(Cl)c3)cn2)cc1. The first kappa shape index (κ1) is 17.9. The molecule has 0 amide bonds. The second-order valence-corrected chi connectivity index (χ2v) is 6.27. The van der Waals surface area contributed by atoms with Crippen molar-refractivity contribution in [2.45, 2.75) is 13.0 Å². The van der Waals surface area contributed by atoms with Gasteiger partial charge < -0.3 is 9.30 Å². The fraction of sp³-hybridized carbons (Fsp3) is 0.150. The summed E-state index contributed by atoms with van der Waals surface area (Å²) in [4.78, 5) is 28.1. The van der Waals surface area contributed by atoms with Crippen molar-refractivity contribution in [2.75, 3.05) is 7.11 Å². The van der Waals surface area contributed by atoms with Gasteiger partial charge in [0.25, 0.3) is 0 Å². The van der Waals surface area contributed by atoms with Crippen molar-refractivity contribution in [1.29, 1.82) is 0 Å². The Kier molecular flexibility index (Phi) is 5.49. The average molecular weight is 369 g/mol. The third-order valence-corrected chi connectivity index (χ3v) is 4.15. The highest BCUT2D eigenvalue weighted by Crippen LogP contribution is 2.13. The van der Waals surface area contributed by atoms with Gasteiger partial charge in [-0.05, 0) is 29.8 Å². The van der Waals surface area contributed by atoms with Gasteiger partial charge in [-0.3, -0.25) is 4.79 Å². The summed E-state index contributed by atoms with van der Waals surface area (Å²) in [5, 5.41) is 0.688. The van der Waals surface area contributed by atoms with Crippen LogP contribution in [0.15, 0.2) is 61.1 Å². The number of hydrogen-bond acceptors (Lipinski definition) is 4. The molecule has 3 rings (SSSR count). The Morgan fingerprint density at radius 3 is 2.54 bits per heavy atom. The van der Waals surface area contributed by atoms with E-state index in [1.54, 1.807) is 30.6 Å². The molecule has 0 aliphatic heterocycles. The number of carbonyl (C=O) groups is 2. The molecule has 0 unspecified atom stereocenters. The molecular weight excluding hydrogens is 352 g/mol.